The Bertz CT molecular complexity index is 543. The quantitative estimate of drug-likeness (QED) is 0.917. The highest BCUT2D eigenvalue weighted by Gasteiger charge is 2.73. The van der Waals surface area contributed by atoms with Crippen LogP contribution in [0, 0.1) is 11.7 Å². The molecule has 1 spiro atoms. The SMILES string of the molecule is COc1ccc(CN[C@]23C[C@H]2COC32CCC2)cc1F. The van der Waals surface area contributed by atoms with Crippen molar-refractivity contribution in [2.24, 2.45) is 5.92 Å². The van der Waals surface area contributed by atoms with Crippen LogP contribution in [0.3, 0.4) is 0 Å². The Hall–Kier alpha value is -1.13. The van der Waals surface area contributed by atoms with Gasteiger partial charge in [0, 0.05) is 12.5 Å². The molecule has 2 aliphatic carbocycles. The highest BCUT2D eigenvalue weighted by Crippen LogP contribution is 2.64. The third-order valence-corrected chi connectivity index (χ3v) is 5.46. The number of hydrogen-bond donors (Lipinski definition) is 1. The van der Waals surface area contributed by atoms with E-state index in [9.17, 15) is 4.39 Å². The molecule has 4 rings (SSSR count). The second-order valence-corrected chi connectivity index (χ2v) is 6.35. The summed E-state index contributed by atoms with van der Waals surface area (Å²) < 4.78 is 24.7. The third-order valence-electron chi connectivity index (χ3n) is 5.46. The standard InChI is InChI=1S/C16H20FNO2/c1-19-14-4-3-11(7-13(14)17)9-18-16-8-12(16)10-20-15(16)5-2-6-15/h3-4,7,12,18H,2,5-6,8-10H2,1H3/t12-,16+/m0/s1. The zero-order chi connectivity index (χ0) is 13.8. The van der Waals surface area contributed by atoms with Crippen molar-refractivity contribution in [3.05, 3.63) is 29.6 Å². The van der Waals surface area contributed by atoms with Crippen LogP contribution in [0.5, 0.6) is 5.75 Å². The van der Waals surface area contributed by atoms with E-state index >= 15 is 0 Å². The second kappa shape index (κ2) is 4.18. The van der Waals surface area contributed by atoms with Gasteiger partial charge in [-0.25, -0.2) is 4.39 Å². The molecule has 1 heterocycles. The zero-order valence-electron chi connectivity index (χ0n) is 11.7. The van der Waals surface area contributed by atoms with Gasteiger partial charge in [-0.05, 0) is 43.4 Å². The number of methoxy groups -OCH3 is 1. The molecule has 0 aromatic heterocycles. The fraction of sp³-hybridized carbons (Fsp3) is 0.625. The first-order chi connectivity index (χ1) is 9.69. The molecule has 0 unspecified atom stereocenters. The van der Waals surface area contributed by atoms with E-state index in [2.05, 4.69) is 5.32 Å². The molecular formula is C16H20FNO2. The minimum absolute atomic E-state index is 0.0860. The van der Waals surface area contributed by atoms with Crippen molar-refractivity contribution < 1.29 is 13.9 Å². The molecule has 3 aliphatic rings. The van der Waals surface area contributed by atoms with Crippen molar-refractivity contribution in [3.63, 3.8) is 0 Å². The van der Waals surface area contributed by atoms with Crippen LogP contribution in [0.2, 0.25) is 0 Å². The molecule has 2 atom stereocenters. The van der Waals surface area contributed by atoms with Gasteiger partial charge >= 0.3 is 0 Å². The van der Waals surface area contributed by atoms with Gasteiger partial charge in [0.1, 0.15) is 0 Å². The average molecular weight is 277 g/mol. The predicted molar refractivity (Wildman–Crippen MR) is 73.2 cm³/mol. The summed E-state index contributed by atoms with van der Waals surface area (Å²) in [6.45, 7) is 1.59. The maximum atomic E-state index is 13.7. The summed E-state index contributed by atoms with van der Waals surface area (Å²) in [5.41, 5.74) is 1.22. The molecule has 2 saturated carbocycles. The van der Waals surface area contributed by atoms with Crippen molar-refractivity contribution in [1.29, 1.82) is 0 Å². The summed E-state index contributed by atoms with van der Waals surface area (Å²) in [5, 5.41) is 3.67. The summed E-state index contributed by atoms with van der Waals surface area (Å²) in [6.07, 6.45) is 4.83. The van der Waals surface area contributed by atoms with Crippen LogP contribution in [0.15, 0.2) is 18.2 Å². The van der Waals surface area contributed by atoms with Gasteiger partial charge in [-0.2, -0.15) is 0 Å². The Morgan fingerprint density at radius 1 is 1.45 bits per heavy atom. The number of rotatable bonds is 4. The molecule has 4 heteroatoms. The van der Waals surface area contributed by atoms with Crippen LogP contribution in [0.4, 0.5) is 4.39 Å². The number of ether oxygens (including phenoxy) is 2. The molecule has 0 bridgehead atoms. The Balaban J connectivity index is 1.47. The minimum atomic E-state index is -0.294. The molecular weight excluding hydrogens is 257 g/mol. The monoisotopic (exact) mass is 277 g/mol. The van der Waals surface area contributed by atoms with E-state index in [0.29, 0.717) is 18.2 Å². The topological polar surface area (TPSA) is 30.5 Å². The Labute approximate surface area is 118 Å². The van der Waals surface area contributed by atoms with E-state index in [1.165, 1.54) is 32.8 Å². The molecule has 1 aromatic carbocycles. The van der Waals surface area contributed by atoms with Gasteiger partial charge in [-0.3, -0.25) is 0 Å². The molecule has 1 aromatic rings. The van der Waals surface area contributed by atoms with E-state index in [0.717, 1.165) is 12.2 Å². The van der Waals surface area contributed by atoms with Crippen molar-refractivity contribution in [2.45, 2.75) is 43.4 Å². The van der Waals surface area contributed by atoms with Gasteiger partial charge in [0.05, 0.1) is 24.9 Å². The molecule has 0 radical (unpaired) electrons. The van der Waals surface area contributed by atoms with E-state index in [4.69, 9.17) is 9.47 Å². The number of fused-ring (bicyclic) bond motifs is 2. The largest absolute Gasteiger partial charge is 0.494 e. The van der Waals surface area contributed by atoms with Crippen molar-refractivity contribution >= 4 is 0 Å². The third kappa shape index (κ3) is 1.58. The molecule has 3 fully saturated rings. The first-order valence-electron chi connectivity index (χ1n) is 7.41. The van der Waals surface area contributed by atoms with E-state index in [1.807, 2.05) is 6.07 Å². The molecule has 108 valence electrons. The molecule has 3 nitrogen and oxygen atoms in total. The van der Waals surface area contributed by atoms with Gasteiger partial charge in [0.2, 0.25) is 0 Å². The fourth-order valence-electron chi connectivity index (χ4n) is 4.02. The molecule has 0 amide bonds. The van der Waals surface area contributed by atoms with Gasteiger partial charge in [0.25, 0.3) is 0 Å². The normalized spacial score (nSPS) is 32.8. The molecule has 1 N–H and O–H groups in total. The number of hydrogen-bond acceptors (Lipinski definition) is 3. The lowest BCUT2D eigenvalue weighted by atomic mass is 9.72. The summed E-state index contributed by atoms with van der Waals surface area (Å²) in [6, 6.07) is 5.17. The highest BCUT2D eigenvalue weighted by molar-refractivity contribution is 5.32. The fourth-order valence-corrected chi connectivity index (χ4v) is 4.02. The zero-order valence-corrected chi connectivity index (χ0v) is 11.7. The summed E-state index contributed by atoms with van der Waals surface area (Å²) in [7, 11) is 1.49. The minimum Gasteiger partial charge on any atom is -0.494 e. The smallest absolute Gasteiger partial charge is 0.165 e. The van der Waals surface area contributed by atoms with Crippen LogP contribution in [-0.2, 0) is 11.3 Å². The molecule has 20 heavy (non-hydrogen) atoms. The van der Waals surface area contributed by atoms with Crippen LogP contribution >= 0.6 is 0 Å². The lowest BCUT2D eigenvalue weighted by Gasteiger charge is -2.45. The number of halogens is 1. The van der Waals surface area contributed by atoms with Crippen LogP contribution in [0.25, 0.3) is 0 Å². The summed E-state index contributed by atoms with van der Waals surface area (Å²) in [5.74, 6) is 0.666. The summed E-state index contributed by atoms with van der Waals surface area (Å²) in [4.78, 5) is 0. The maximum Gasteiger partial charge on any atom is 0.165 e. The number of benzene rings is 1. The summed E-state index contributed by atoms with van der Waals surface area (Å²) >= 11 is 0. The Morgan fingerprint density at radius 2 is 2.30 bits per heavy atom. The Morgan fingerprint density at radius 3 is 2.90 bits per heavy atom. The van der Waals surface area contributed by atoms with Gasteiger partial charge in [-0.15, -0.1) is 0 Å². The van der Waals surface area contributed by atoms with Crippen LogP contribution < -0.4 is 10.1 Å². The lowest BCUT2D eigenvalue weighted by Crippen LogP contribution is -2.56. The van der Waals surface area contributed by atoms with Crippen molar-refractivity contribution in [3.8, 4) is 5.75 Å². The second-order valence-electron chi connectivity index (χ2n) is 6.35. The Kier molecular flexibility index (Phi) is 2.63. The van der Waals surface area contributed by atoms with Gasteiger partial charge < -0.3 is 14.8 Å². The van der Waals surface area contributed by atoms with Crippen LogP contribution in [0.1, 0.15) is 31.2 Å². The van der Waals surface area contributed by atoms with E-state index < -0.39 is 0 Å². The maximum absolute atomic E-state index is 13.7. The first-order valence-corrected chi connectivity index (χ1v) is 7.41. The molecule has 1 saturated heterocycles. The van der Waals surface area contributed by atoms with E-state index in [-0.39, 0.29) is 17.0 Å². The average Bonchev–Trinajstić information content (AvgIpc) is 3.02. The van der Waals surface area contributed by atoms with E-state index in [1.54, 1.807) is 12.1 Å². The van der Waals surface area contributed by atoms with Gasteiger partial charge in [0.15, 0.2) is 11.6 Å². The molecule has 1 aliphatic heterocycles. The van der Waals surface area contributed by atoms with Crippen molar-refractivity contribution in [1.82, 2.24) is 5.32 Å². The van der Waals surface area contributed by atoms with Gasteiger partial charge in [-0.1, -0.05) is 6.07 Å². The van der Waals surface area contributed by atoms with Crippen molar-refractivity contribution in [2.75, 3.05) is 13.7 Å². The first kappa shape index (κ1) is 12.6. The highest BCUT2D eigenvalue weighted by atomic mass is 19.1. The number of nitrogens with one attached hydrogen (secondary N) is 1. The van der Waals surface area contributed by atoms with Crippen LogP contribution in [-0.4, -0.2) is 24.9 Å². The lowest BCUT2D eigenvalue weighted by molar-refractivity contribution is -0.0961. The predicted octanol–water partition coefficient (Wildman–Crippen LogP) is 2.64.